The van der Waals surface area contributed by atoms with Crippen LogP contribution in [0.25, 0.3) is 0 Å². The third kappa shape index (κ3) is 6.55. The molecule has 2 rings (SSSR count). The molecule has 0 heterocycles. The van der Waals surface area contributed by atoms with Crippen LogP contribution in [0.1, 0.15) is 64.1 Å². The van der Waals surface area contributed by atoms with Gasteiger partial charge in [-0.1, -0.05) is 49.7 Å². The molecule has 0 unspecified atom stereocenters. The number of rotatable bonds is 9. The minimum atomic E-state index is -0.835. The van der Waals surface area contributed by atoms with Gasteiger partial charge in [0.05, 0.1) is 18.8 Å². The minimum Gasteiger partial charge on any atom is -0.462 e. The zero-order valence-corrected chi connectivity index (χ0v) is 18.4. The molecule has 0 saturated heterocycles. The highest BCUT2D eigenvalue weighted by Crippen LogP contribution is 2.23. The maximum atomic E-state index is 12.5. The van der Waals surface area contributed by atoms with E-state index in [1.54, 1.807) is 24.3 Å². The van der Waals surface area contributed by atoms with Crippen molar-refractivity contribution < 1.29 is 23.9 Å². The lowest BCUT2D eigenvalue weighted by atomic mass is 9.89. The second-order valence-corrected chi connectivity index (χ2v) is 8.45. The van der Waals surface area contributed by atoms with Crippen molar-refractivity contribution in [2.24, 2.45) is 5.41 Å². The Hall–Kier alpha value is -2.95. The van der Waals surface area contributed by atoms with Crippen LogP contribution in [0.4, 0.5) is 0 Å². The molecule has 0 spiro atoms. The topological polar surface area (TPSA) is 69.7 Å². The molecular weight excluding hydrogens is 380 g/mol. The van der Waals surface area contributed by atoms with Crippen LogP contribution in [0.3, 0.4) is 0 Å². The summed E-state index contributed by atoms with van der Waals surface area (Å²) in [6.07, 6.45) is 1.25. The fraction of sp³-hybridized carbons (Fsp3) is 0.400. The van der Waals surface area contributed by atoms with Crippen molar-refractivity contribution in [3.8, 4) is 0 Å². The molecule has 0 aliphatic rings. The van der Waals surface area contributed by atoms with Gasteiger partial charge in [-0.05, 0) is 62.3 Å². The molecule has 0 bridgehead atoms. The lowest BCUT2D eigenvalue weighted by Crippen LogP contribution is -2.24. The van der Waals surface area contributed by atoms with Gasteiger partial charge >= 0.3 is 11.9 Å². The minimum absolute atomic E-state index is 0.143. The van der Waals surface area contributed by atoms with E-state index < -0.39 is 11.8 Å². The van der Waals surface area contributed by atoms with E-state index in [1.165, 1.54) is 0 Å². The normalized spacial score (nSPS) is 11.1. The Morgan fingerprint density at radius 2 is 1.50 bits per heavy atom. The molecule has 0 aliphatic heterocycles. The van der Waals surface area contributed by atoms with Crippen LogP contribution in [0.5, 0.6) is 0 Å². The quantitative estimate of drug-likeness (QED) is 0.252. The number of aryl methyl sites for hydroxylation is 3. The monoisotopic (exact) mass is 410 g/mol. The summed E-state index contributed by atoms with van der Waals surface area (Å²) in [7, 11) is 0. The van der Waals surface area contributed by atoms with E-state index in [1.807, 2.05) is 52.8 Å². The predicted molar refractivity (Wildman–Crippen MR) is 116 cm³/mol. The van der Waals surface area contributed by atoms with Crippen molar-refractivity contribution >= 4 is 17.7 Å². The van der Waals surface area contributed by atoms with Gasteiger partial charge in [0.1, 0.15) is 0 Å². The number of carbonyl (C=O) groups excluding carboxylic acids is 3. The van der Waals surface area contributed by atoms with E-state index in [-0.39, 0.29) is 24.6 Å². The Kier molecular flexibility index (Phi) is 7.93. The number of carbonyl (C=O) groups is 3. The van der Waals surface area contributed by atoms with Gasteiger partial charge in [-0.15, -0.1) is 0 Å². The number of ketones is 1. The fourth-order valence-electron chi connectivity index (χ4n) is 3.41. The number of hydrogen-bond acceptors (Lipinski definition) is 5. The molecule has 0 aliphatic carbocycles. The van der Waals surface area contributed by atoms with Crippen molar-refractivity contribution in [2.45, 2.75) is 47.5 Å². The molecule has 0 atom stereocenters. The van der Waals surface area contributed by atoms with E-state index in [9.17, 15) is 14.4 Å². The van der Waals surface area contributed by atoms with Crippen LogP contribution < -0.4 is 0 Å². The molecule has 0 fully saturated rings. The third-order valence-electron chi connectivity index (χ3n) is 4.92. The van der Waals surface area contributed by atoms with Crippen LogP contribution in [-0.2, 0) is 14.3 Å². The van der Waals surface area contributed by atoms with Gasteiger partial charge in [0.25, 0.3) is 5.78 Å². The van der Waals surface area contributed by atoms with Crippen LogP contribution in [0.15, 0.2) is 42.5 Å². The molecular formula is C25H30O5. The van der Waals surface area contributed by atoms with Crippen molar-refractivity contribution in [3.05, 3.63) is 70.3 Å². The second-order valence-electron chi connectivity index (χ2n) is 8.45. The average Bonchev–Trinajstić information content (AvgIpc) is 2.69. The Morgan fingerprint density at radius 3 is 2.10 bits per heavy atom. The smallest absolute Gasteiger partial charge is 0.379 e. The lowest BCUT2D eigenvalue weighted by molar-refractivity contribution is -0.138. The second kappa shape index (κ2) is 10.2. The van der Waals surface area contributed by atoms with Crippen molar-refractivity contribution in [1.29, 1.82) is 0 Å². The molecule has 5 nitrogen and oxygen atoms in total. The van der Waals surface area contributed by atoms with E-state index in [0.29, 0.717) is 24.0 Å². The number of benzene rings is 2. The molecule has 0 aromatic heterocycles. The molecule has 2 aromatic rings. The van der Waals surface area contributed by atoms with E-state index in [0.717, 1.165) is 16.7 Å². The first-order valence-electron chi connectivity index (χ1n) is 10.1. The third-order valence-corrected chi connectivity index (χ3v) is 4.92. The molecule has 0 amide bonds. The molecule has 30 heavy (non-hydrogen) atoms. The standard InChI is InChI=1S/C25H30O5/c1-17-14-18(2)21(19(3)15-17)22(26)24(28)29-13-9-12-25(4,5)16-30-23(27)20-10-7-6-8-11-20/h6-8,10-11,14-15H,9,12-13,16H2,1-5H3. The van der Waals surface area contributed by atoms with Gasteiger partial charge in [0.15, 0.2) is 0 Å². The maximum Gasteiger partial charge on any atom is 0.379 e. The maximum absolute atomic E-state index is 12.5. The van der Waals surface area contributed by atoms with Crippen molar-refractivity contribution in [3.63, 3.8) is 0 Å². The number of ether oxygens (including phenoxy) is 2. The first-order chi connectivity index (χ1) is 14.1. The van der Waals surface area contributed by atoms with E-state index in [2.05, 4.69) is 0 Å². The van der Waals surface area contributed by atoms with Gasteiger partial charge in [0, 0.05) is 5.56 Å². The highest BCUT2D eigenvalue weighted by Gasteiger charge is 2.24. The molecule has 0 N–H and O–H groups in total. The van der Waals surface area contributed by atoms with Gasteiger partial charge in [0.2, 0.25) is 0 Å². The van der Waals surface area contributed by atoms with Gasteiger partial charge in [-0.25, -0.2) is 9.59 Å². The summed E-state index contributed by atoms with van der Waals surface area (Å²) < 4.78 is 10.6. The summed E-state index contributed by atoms with van der Waals surface area (Å²) in [6, 6.07) is 12.6. The Labute approximate surface area is 178 Å². The summed E-state index contributed by atoms with van der Waals surface area (Å²) in [5, 5.41) is 0. The summed E-state index contributed by atoms with van der Waals surface area (Å²) in [5.41, 5.74) is 3.25. The van der Waals surface area contributed by atoms with Crippen molar-refractivity contribution in [1.82, 2.24) is 0 Å². The summed E-state index contributed by atoms with van der Waals surface area (Å²) in [5.74, 6) is -1.80. The molecule has 0 radical (unpaired) electrons. The van der Waals surface area contributed by atoms with E-state index >= 15 is 0 Å². The Bertz CT molecular complexity index is 889. The van der Waals surface area contributed by atoms with Gasteiger partial charge < -0.3 is 9.47 Å². The van der Waals surface area contributed by atoms with Gasteiger partial charge in [-0.2, -0.15) is 0 Å². The predicted octanol–water partition coefficient (Wildman–Crippen LogP) is 5.00. The first kappa shape index (κ1) is 23.3. The average molecular weight is 411 g/mol. The molecule has 5 heteroatoms. The largest absolute Gasteiger partial charge is 0.462 e. The zero-order chi connectivity index (χ0) is 22.3. The highest BCUT2D eigenvalue weighted by atomic mass is 16.5. The lowest BCUT2D eigenvalue weighted by Gasteiger charge is -2.24. The zero-order valence-electron chi connectivity index (χ0n) is 18.4. The number of esters is 2. The van der Waals surface area contributed by atoms with Crippen LogP contribution in [0, 0.1) is 26.2 Å². The molecule has 0 saturated carbocycles. The number of hydrogen-bond donors (Lipinski definition) is 0. The summed E-state index contributed by atoms with van der Waals surface area (Å²) in [4.78, 5) is 36.7. The van der Waals surface area contributed by atoms with Crippen molar-refractivity contribution in [2.75, 3.05) is 13.2 Å². The first-order valence-corrected chi connectivity index (χ1v) is 10.1. The summed E-state index contributed by atoms with van der Waals surface area (Å²) >= 11 is 0. The molecule has 2 aromatic carbocycles. The highest BCUT2D eigenvalue weighted by molar-refractivity contribution is 6.41. The fourth-order valence-corrected chi connectivity index (χ4v) is 3.41. The SMILES string of the molecule is Cc1cc(C)c(C(=O)C(=O)OCCCC(C)(C)COC(=O)c2ccccc2)c(C)c1. The Balaban J connectivity index is 1.78. The number of Topliss-reactive ketones (excluding diaryl/α,β-unsaturated/α-hetero) is 1. The Morgan fingerprint density at radius 1 is 0.900 bits per heavy atom. The molecule has 160 valence electrons. The van der Waals surface area contributed by atoms with Crippen LogP contribution in [-0.4, -0.2) is 30.9 Å². The van der Waals surface area contributed by atoms with Gasteiger partial charge in [-0.3, -0.25) is 4.79 Å². The summed E-state index contributed by atoms with van der Waals surface area (Å²) in [6.45, 7) is 9.96. The van der Waals surface area contributed by atoms with Crippen LogP contribution in [0.2, 0.25) is 0 Å². The van der Waals surface area contributed by atoms with Crippen LogP contribution >= 0.6 is 0 Å². The van der Waals surface area contributed by atoms with E-state index in [4.69, 9.17) is 9.47 Å².